The number of nitrogens with one attached hydrogen (secondary N) is 2. The Labute approximate surface area is 149 Å². The first-order valence-electron chi connectivity index (χ1n) is 7.70. The number of hydrogen-bond acceptors (Lipinski definition) is 5. The maximum absolute atomic E-state index is 4.45. The molecule has 0 aliphatic rings. The van der Waals surface area contributed by atoms with Gasteiger partial charge in [0.25, 0.3) is 0 Å². The lowest BCUT2D eigenvalue weighted by Gasteiger charge is -2.10. The van der Waals surface area contributed by atoms with Crippen molar-refractivity contribution in [2.75, 3.05) is 10.6 Å². The molecule has 3 rings (SSSR count). The lowest BCUT2D eigenvalue weighted by molar-refractivity contribution is 0.867. The van der Waals surface area contributed by atoms with Gasteiger partial charge in [0.15, 0.2) is 5.82 Å². The van der Waals surface area contributed by atoms with Crippen molar-refractivity contribution in [3.8, 4) is 0 Å². The van der Waals surface area contributed by atoms with E-state index in [2.05, 4.69) is 67.7 Å². The van der Waals surface area contributed by atoms with Crippen LogP contribution in [0, 0.1) is 0 Å². The lowest BCUT2D eigenvalue weighted by atomic mass is 10.0. The predicted octanol–water partition coefficient (Wildman–Crippen LogP) is 5.24. The Morgan fingerprint density at radius 3 is 2.42 bits per heavy atom. The third-order valence-corrected chi connectivity index (χ3v) is 4.22. The van der Waals surface area contributed by atoms with Crippen molar-refractivity contribution in [1.29, 1.82) is 0 Å². The molecule has 0 unspecified atom stereocenters. The van der Waals surface area contributed by atoms with E-state index < -0.39 is 0 Å². The molecule has 0 amide bonds. The molecule has 0 saturated carbocycles. The summed E-state index contributed by atoms with van der Waals surface area (Å²) in [5.74, 6) is 1.59. The van der Waals surface area contributed by atoms with Gasteiger partial charge >= 0.3 is 0 Å². The smallest absolute Gasteiger partial charge is 0.249 e. The second-order valence-corrected chi connectivity index (χ2v) is 6.53. The van der Waals surface area contributed by atoms with Gasteiger partial charge in [0.05, 0.1) is 11.9 Å². The van der Waals surface area contributed by atoms with Gasteiger partial charge in [-0.15, -0.1) is 5.10 Å². The molecule has 24 heavy (non-hydrogen) atoms. The molecule has 3 aromatic rings. The van der Waals surface area contributed by atoms with E-state index >= 15 is 0 Å². The van der Waals surface area contributed by atoms with Crippen molar-refractivity contribution < 1.29 is 0 Å². The van der Waals surface area contributed by atoms with Crippen LogP contribution in [0.15, 0.2) is 59.2 Å². The molecule has 0 aliphatic carbocycles. The van der Waals surface area contributed by atoms with E-state index in [9.17, 15) is 0 Å². The molecule has 0 radical (unpaired) electrons. The molecule has 0 bridgehead atoms. The number of benzene rings is 2. The van der Waals surface area contributed by atoms with Crippen LogP contribution in [0.3, 0.4) is 0 Å². The van der Waals surface area contributed by atoms with Crippen molar-refractivity contribution in [2.24, 2.45) is 0 Å². The number of hydrogen-bond donors (Lipinski definition) is 2. The number of halogens is 1. The topological polar surface area (TPSA) is 62.7 Å². The van der Waals surface area contributed by atoms with Gasteiger partial charge in [-0.05, 0) is 51.7 Å². The fraction of sp³-hybridized carbons (Fsp3) is 0.167. The van der Waals surface area contributed by atoms with Crippen LogP contribution in [0.4, 0.5) is 23.1 Å². The molecule has 1 heterocycles. The minimum atomic E-state index is 0.436. The van der Waals surface area contributed by atoms with E-state index in [0.717, 1.165) is 15.8 Å². The largest absolute Gasteiger partial charge is 0.339 e. The highest BCUT2D eigenvalue weighted by Crippen LogP contribution is 2.24. The second-order valence-electron chi connectivity index (χ2n) is 5.67. The molecule has 0 aliphatic heterocycles. The summed E-state index contributed by atoms with van der Waals surface area (Å²) in [7, 11) is 0. The lowest BCUT2D eigenvalue weighted by Crippen LogP contribution is -2.02. The number of nitrogens with zero attached hydrogens (tertiary/aromatic N) is 3. The highest BCUT2D eigenvalue weighted by Gasteiger charge is 2.05. The van der Waals surface area contributed by atoms with Crippen LogP contribution in [-0.2, 0) is 0 Å². The summed E-state index contributed by atoms with van der Waals surface area (Å²) < 4.78 is 0.941. The van der Waals surface area contributed by atoms with Gasteiger partial charge < -0.3 is 10.6 Å². The van der Waals surface area contributed by atoms with Gasteiger partial charge in [-0.25, -0.2) is 0 Å². The minimum Gasteiger partial charge on any atom is -0.339 e. The van der Waals surface area contributed by atoms with Gasteiger partial charge in [-0.1, -0.05) is 38.1 Å². The highest BCUT2D eigenvalue weighted by atomic mass is 79.9. The normalized spacial score (nSPS) is 10.7. The van der Waals surface area contributed by atoms with Crippen LogP contribution in [0.2, 0.25) is 0 Å². The van der Waals surface area contributed by atoms with Crippen LogP contribution >= 0.6 is 15.9 Å². The number of anilines is 4. The van der Waals surface area contributed by atoms with Crippen molar-refractivity contribution in [2.45, 2.75) is 19.8 Å². The summed E-state index contributed by atoms with van der Waals surface area (Å²) in [4.78, 5) is 4.45. The van der Waals surface area contributed by atoms with Gasteiger partial charge in [0.1, 0.15) is 0 Å². The fourth-order valence-corrected chi connectivity index (χ4v) is 2.58. The molecule has 122 valence electrons. The number of rotatable bonds is 5. The summed E-state index contributed by atoms with van der Waals surface area (Å²) in [5.41, 5.74) is 3.15. The quantitative estimate of drug-likeness (QED) is 0.630. The van der Waals surface area contributed by atoms with E-state index in [0.29, 0.717) is 17.7 Å². The second kappa shape index (κ2) is 7.40. The van der Waals surface area contributed by atoms with Crippen LogP contribution in [0.5, 0.6) is 0 Å². The molecule has 6 heteroatoms. The Kier molecular flexibility index (Phi) is 5.05. The van der Waals surface area contributed by atoms with E-state index in [1.54, 1.807) is 6.20 Å². The van der Waals surface area contributed by atoms with E-state index in [1.807, 2.05) is 36.4 Å². The van der Waals surface area contributed by atoms with Crippen molar-refractivity contribution in [3.05, 3.63) is 64.8 Å². The Bertz CT molecular complexity index is 818. The molecule has 0 saturated heterocycles. The standard InChI is InChI=1S/C18H18BrN5/c1-12(2)13-7-9-14(10-8-13)21-17-11-20-24-18(23-17)22-16-6-4-3-5-15(16)19/h3-12H,1-2H3,(H2,21,22,23,24). The number of para-hydroxylation sites is 1. The van der Waals surface area contributed by atoms with Gasteiger partial charge in [-0.2, -0.15) is 10.1 Å². The average molecular weight is 384 g/mol. The summed E-state index contributed by atoms with van der Waals surface area (Å²) >= 11 is 3.49. The first-order valence-corrected chi connectivity index (χ1v) is 8.49. The fourth-order valence-electron chi connectivity index (χ4n) is 2.20. The third-order valence-electron chi connectivity index (χ3n) is 3.53. The zero-order valence-corrected chi connectivity index (χ0v) is 15.1. The maximum Gasteiger partial charge on any atom is 0.249 e. The summed E-state index contributed by atoms with van der Waals surface area (Å²) in [6.07, 6.45) is 1.60. The summed E-state index contributed by atoms with van der Waals surface area (Å²) in [6.45, 7) is 4.35. The van der Waals surface area contributed by atoms with E-state index in [-0.39, 0.29) is 0 Å². The number of aromatic nitrogens is 3. The zero-order valence-electron chi connectivity index (χ0n) is 13.5. The van der Waals surface area contributed by atoms with Crippen LogP contribution in [0.1, 0.15) is 25.3 Å². The maximum atomic E-state index is 4.45. The van der Waals surface area contributed by atoms with E-state index in [4.69, 9.17) is 0 Å². The van der Waals surface area contributed by atoms with Gasteiger partial charge in [0.2, 0.25) is 5.95 Å². The molecule has 1 aromatic heterocycles. The first-order chi connectivity index (χ1) is 11.6. The predicted molar refractivity (Wildman–Crippen MR) is 101 cm³/mol. The SMILES string of the molecule is CC(C)c1ccc(Nc2cnnc(Nc3ccccc3Br)n2)cc1. The molecular weight excluding hydrogens is 366 g/mol. The molecule has 2 aromatic carbocycles. The average Bonchev–Trinajstić information content (AvgIpc) is 2.58. The minimum absolute atomic E-state index is 0.436. The van der Waals surface area contributed by atoms with Crippen LogP contribution in [-0.4, -0.2) is 15.2 Å². The van der Waals surface area contributed by atoms with Gasteiger partial charge in [0, 0.05) is 10.2 Å². The highest BCUT2D eigenvalue weighted by molar-refractivity contribution is 9.10. The Morgan fingerprint density at radius 1 is 0.958 bits per heavy atom. The Hall–Kier alpha value is -2.47. The molecule has 0 atom stereocenters. The van der Waals surface area contributed by atoms with Crippen molar-refractivity contribution in [1.82, 2.24) is 15.2 Å². The monoisotopic (exact) mass is 383 g/mol. The first kappa shape index (κ1) is 16.4. The summed E-state index contributed by atoms with van der Waals surface area (Å²) in [5, 5.41) is 14.4. The molecule has 0 spiro atoms. The third kappa shape index (κ3) is 4.08. The Balaban J connectivity index is 1.74. The summed E-state index contributed by atoms with van der Waals surface area (Å²) in [6, 6.07) is 16.1. The molecule has 2 N–H and O–H groups in total. The van der Waals surface area contributed by atoms with Crippen molar-refractivity contribution >= 4 is 39.1 Å². The van der Waals surface area contributed by atoms with Crippen molar-refractivity contribution in [3.63, 3.8) is 0 Å². The van der Waals surface area contributed by atoms with Crippen LogP contribution < -0.4 is 10.6 Å². The van der Waals surface area contributed by atoms with Crippen LogP contribution in [0.25, 0.3) is 0 Å². The molecule has 0 fully saturated rings. The zero-order chi connectivity index (χ0) is 16.9. The van der Waals surface area contributed by atoms with E-state index in [1.165, 1.54) is 5.56 Å². The Morgan fingerprint density at radius 2 is 1.71 bits per heavy atom. The molecular formula is C18H18BrN5. The van der Waals surface area contributed by atoms with Gasteiger partial charge in [-0.3, -0.25) is 0 Å². The molecule has 5 nitrogen and oxygen atoms in total.